The van der Waals surface area contributed by atoms with Crippen molar-refractivity contribution in [3.05, 3.63) is 146 Å². The van der Waals surface area contributed by atoms with Crippen LogP contribution < -0.4 is 0 Å². The van der Waals surface area contributed by atoms with Gasteiger partial charge in [0.25, 0.3) is 0 Å². The first-order valence-corrected chi connectivity index (χ1v) is 30.8. The molecule has 76 heavy (non-hydrogen) atoms. The van der Waals surface area contributed by atoms with Gasteiger partial charge in [-0.3, -0.25) is 14.4 Å². The number of allylic oxidation sites excluding steroid dienone is 24. The van der Waals surface area contributed by atoms with Crippen LogP contribution in [0.15, 0.2) is 146 Å². The second-order valence-electron chi connectivity index (χ2n) is 19.9. The number of esters is 3. The summed E-state index contributed by atoms with van der Waals surface area (Å²) in [5.41, 5.74) is 0. The summed E-state index contributed by atoms with van der Waals surface area (Å²) >= 11 is 0. The number of ether oxygens (including phenoxy) is 3. The third kappa shape index (κ3) is 60.2. The van der Waals surface area contributed by atoms with Crippen LogP contribution in [-0.4, -0.2) is 37.2 Å². The Morgan fingerprint density at radius 3 is 0.855 bits per heavy atom. The van der Waals surface area contributed by atoms with E-state index in [9.17, 15) is 14.4 Å². The Morgan fingerprint density at radius 2 is 0.526 bits per heavy atom. The number of hydrogen-bond acceptors (Lipinski definition) is 6. The van der Waals surface area contributed by atoms with Crippen molar-refractivity contribution in [1.82, 2.24) is 0 Å². The Labute approximate surface area is 467 Å². The van der Waals surface area contributed by atoms with Crippen molar-refractivity contribution in [1.29, 1.82) is 0 Å². The third-order valence-electron chi connectivity index (χ3n) is 12.6. The highest BCUT2D eigenvalue weighted by atomic mass is 16.6. The molecule has 6 nitrogen and oxygen atoms in total. The Morgan fingerprint density at radius 1 is 0.276 bits per heavy atom. The topological polar surface area (TPSA) is 78.9 Å². The molecule has 1 unspecified atom stereocenters. The molecule has 0 heterocycles. The minimum atomic E-state index is -0.813. The Bertz CT molecular complexity index is 1680. The molecule has 0 aromatic carbocycles. The highest BCUT2D eigenvalue weighted by Crippen LogP contribution is 2.15. The van der Waals surface area contributed by atoms with Gasteiger partial charge in [-0.15, -0.1) is 0 Å². The van der Waals surface area contributed by atoms with Gasteiger partial charge in [-0.05, 0) is 116 Å². The van der Waals surface area contributed by atoms with E-state index in [1.807, 2.05) is 0 Å². The first-order valence-electron chi connectivity index (χ1n) is 30.8. The molecule has 0 N–H and O–H groups in total. The Balaban J connectivity index is 4.48. The first-order chi connectivity index (χ1) is 37.5. The van der Waals surface area contributed by atoms with E-state index in [0.717, 1.165) is 135 Å². The fourth-order valence-electron chi connectivity index (χ4n) is 8.05. The lowest BCUT2D eigenvalue weighted by Crippen LogP contribution is -2.30. The maximum atomic E-state index is 12.9. The summed E-state index contributed by atoms with van der Waals surface area (Å²) in [4.78, 5) is 38.2. The smallest absolute Gasteiger partial charge is 0.306 e. The molecule has 6 heteroatoms. The molecule has 0 amide bonds. The van der Waals surface area contributed by atoms with Gasteiger partial charge in [-0.2, -0.15) is 0 Å². The van der Waals surface area contributed by atoms with Crippen molar-refractivity contribution < 1.29 is 28.6 Å². The molecule has 0 aliphatic heterocycles. The summed E-state index contributed by atoms with van der Waals surface area (Å²) < 4.78 is 16.8. The molecule has 0 spiro atoms. The zero-order chi connectivity index (χ0) is 55.0. The van der Waals surface area contributed by atoms with Crippen LogP contribution in [-0.2, 0) is 28.6 Å². The molecular weight excluding hydrogens is 937 g/mol. The number of carbonyl (C=O) groups is 3. The summed E-state index contributed by atoms with van der Waals surface area (Å²) in [6, 6.07) is 0. The van der Waals surface area contributed by atoms with Crippen molar-refractivity contribution in [2.75, 3.05) is 13.2 Å². The minimum absolute atomic E-state index is 0.104. The largest absolute Gasteiger partial charge is 0.462 e. The minimum Gasteiger partial charge on any atom is -0.462 e. The van der Waals surface area contributed by atoms with Crippen LogP contribution in [0, 0.1) is 0 Å². The zero-order valence-electron chi connectivity index (χ0n) is 49.0. The number of carbonyl (C=O) groups excluding carboxylic acids is 3. The van der Waals surface area contributed by atoms with Crippen molar-refractivity contribution in [2.45, 2.75) is 264 Å². The van der Waals surface area contributed by atoms with Gasteiger partial charge >= 0.3 is 17.9 Å². The Kier molecular flexibility index (Phi) is 58.9. The molecule has 0 saturated carbocycles. The van der Waals surface area contributed by atoms with E-state index in [2.05, 4.69) is 167 Å². The molecule has 1 atom stereocenters. The van der Waals surface area contributed by atoms with Crippen LogP contribution in [0.3, 0.4) is 0 Å². The summed E-state index contributed by atoms with van der Waals surface area (Å²) in [6.45, 7) is 6.35. The molecule has 0 fully saturated rings. The SMILES string of the molecule is CC/C=C\C/C=C\C/C=C\C/C=C\C/C=C\C/C=C\C/C=C\CCCC(=O)OCC(COC(=O)CCCCCCCCCCCCCC)OC(=O)CCCCCCCCC/C=C\C/C=C\C/C=C\C/C=C\C/C=C\CC. The van der Waals surface area contributed by atoms with Gasteiger partial charge < -0.3 is 14.2 Å². The van der Waals surface area contributed by atoms with Gasteiger partial charge in [0.15, 0.2) is 6.10 Å². The van der Waals surface area contributed by atoms with Crippen LogP contribution in [0.4, 0.5) is 0 Å². The fraction of sp³-hybridized carbons (Fsp3) is 0.614. The van der Waals surface area contributed by atoms with E-state index in [1.54, 1.807) is 0 Å². The quantitative estimate of drug-likeness (QED) is 0.0261. The monoisotopic (exact) mass is 1050 g/mol. The van der Waals surface area contributed by atoms with Crippen molar-refractivity contribution in [2.24, 2.45) is 0 Å². The molecule has 0 aromatic heterocycles. The summed E-state index contributed by atoms with van der Waals surface area (Å²) in [7, 11) is 0. The van der Waals surface area contributed by atoms with Gasteiger partial charge in [0.2, 0.25) is 0 Å². The number of hydrogen-bond donors (Lipinski definition) is 0. The van der Waals surface area contributed by atoms with E-state index in [1.165, 1.54) is 77.0 Å². The van der Waals surface area contributed by atoms with Crippen LogP contribution >= 0.6 is 0 Å². The highest BCUT2D eigenvalue weighted by Gasteiger charge is 2.19. The number of unbranched alkanes of at least 4 members (excludes halogenated alkanes) is 19. The summed E-state index contributed by atoms with van der Waals surface area (Å²) in [6.07, 6.45) is 89.9. The maximum absolute atomic E-state index is 12.9. The lowest BCUT2D eigenvalue weighted by Gasteiger charge is -2.18. The molecule has 0 rings (SSSR count). The van der Waals surface area contributed by atoms with Crippen LogP contribution in [0.2, 0.25) is 0 Å². The highest BCUT2D eigenvalue weighted by molar-refractivity contribution is 5.71. The molecule has 0 aliphatic carbocycles. The van der Waals surface area contributed by atoms with Crippen LogP contribution in [0.5, 0.6) is 0 Å². The second-order valence-corrected chi connectivity index (χ2v) is 19.9. The fourth-order valence-corrected chi connectivity index (χ4v) is 8.05. The van der Waals surface area contributed by atoms with Crippen molar-refractivity contribution in [3.63, 3.8) is 0 Å². The number of rotatable bonds is 54. The lowest BCUT2D eigenvalue weighted by atomic mass is 10.0. The first kappa shape index (κ1) is 71.3. The predicted octanol–water partition coefficient (Wildman–Crippen LogP) is 21.2. The molecule has 0 aromatic rings. The molecule has 0 radical (unpaired) electrons. The third-order valence-corrected chi connectivity index (χ3v) is 12.6. The van der Waals surface area contributed by atoms with E-state index in [4.69, 9.17) is 14.2 Å². The standard InChI is InChI=1S/C70H112O6/c1-4-7-10-13-16-19-22-25-27-29-31-33-35-37-39-41-43-45-48-51-54-57-60-63-69(72)75-66-67(65-74-68(71)62-59-56-53-50-47-24-21-18-15-12-9-6-3)76-70(73)64-61-58-55-52-49-46-44-42-40-38-36-34-32-30-28-26-23-20-17-14-11-8-5-2/h7-8,10-11,16-17,19-20,25-28,31-34,37-40,43,45,51,54,67H,4-6,9,12-15,18,21-24,29-30,35-36,41-42,44,46-50,52-53,55-66H2,1-3H3/b10-7-,11-8-,19-16-,20-17-,27-25-,28-26-,33-31-,34-32-,39-37-,40-38-,45-43-,54-51-. The van der Waals surface area contributed by atoms with Crippen molar-refractivity contribution >= 4 is 17.9 Å². The van der Waals surface area contributed by atoms with Gasteiger partial charge in [0.1, 0.15) is 13.2 Å². The Hall–Kier alpha value is -4.71. The normalized spacial score (nSPS) is 13.1. The van der Waals surface area contributed by atoms with E-state index < -0.39 is 6.10 Å². The predicted molar refractivity (Wildman–Crippen MR) is 329 cm³/mol. The lowest BCUT2D eigenvalue weighted by molar-refractivity contribution is -0.167. The van der Waals surface area contributed by atoms with Crippen molar-refractivity contribution in [3.8, 4) is 0 Å². The van der Waals surface area contributed by atoms with Gasteiger partial charge in [-0.1, -0.05) is 269 Å². The zero-order valence-corrected chi connectivity index (χ0v) is 49.0. The van der Waals surface area contributed by atoms with E-state index in [-0.39, 0.29) is 37.5 Å². The molecule has 0 aliphatic rings. The van der Waals surface area contributed by atoms with E-state index in [0.29, 0.717) is 19.3 Å². The second kappa shape index (κ2) is 62.8. The van der Waals surface area contributed by atoms with Gasteiger partial charge in [-0.25, -0.2) is 0 Å². The van der Waals surface area contributed by atoms with Crippen LogP contribution in [0.25, 0.3) is 0 Å². The molecule has 0 bridgehead atoms. The maximum Gasteiger partial charge on any atom is 0.306 e. The van der Waals surface area contributed by atoms with Gasteiger partial charge in [0, 0.05) is 19.3 Å². The molecular formula is C70H112O6. The average molecular weight is 1050 g/mol. The van der Waals surface area contributed by atoms with Crippen LogP contribution in [0.1, 0.15) is 258 Å². The summed E-state index contributed by atoms with van der Waals surface area (Å²) in [5, 5.41) is 0. The molecule has 0 saturated heterocycles. The van der Waals surface area contributed by atoms with E-state index >= 15 is 0 Å². The molecule has 428 valence electrons. The van der Waals surface area contributed by atoms with Gasteiger partial charge in [0.05, 0.1) is 0 Å². The summed E-state index contributed by atoms with van der Waals surface area (Å²) in [5.74, 6) is -0.979. The average Bonchev–Trinajstić information content (AvgIpc) is 3.42.